The molecule has 0 radical (unpaired) electrons. The topological polar surface area (TPSA) is 64.3 Å². The van der Waals surface area contributed by atoms with Crippen molar-refractivity contribution >= 4 is 11.6 Å². The van der Waals surface area contributed by atoms with Gasteiger partial charge in [-0.05, 0) is 17.7 Å². The molecule has 0 aliphatic heterocycles. The normalized spacial score (nSPS) is 11.8. The minimum absolute atomic E-state index is 0.121. The summed E-state index contributed by atoms with van der Waals surface area (Å²) in [5.41, 5.74) is 6.88. The highest BCUT2D eigenvalue weighted by Crippen LogP contribution is 2.21. The van der Waals surface area contributed by atoms with E-state index in [1.807, 2.05) is 6.07 Å². The number of rotatable bonds is 4. The lowest BCUT2D eigenvalue weighted by Gasteiger charge is -2.13. The second-order valence-corrected chi connectivity index (χ2v) is 4.23. The van der Waals surface area contributed by atoms with Gasteiger partial charge in [0.15, 0.2) is 11.6 Å². The molecule has 1 unspecified atom stereocenters. The van der Waals surface area contributed by atoms with E-state index < -0.39 is 17.8 Å². The number of benzene rings is 2. The summed E-state index contributed by atoms with van der Waals surface area (Å²) in [5, 5.41) is 2.57. The fraction of sp³-hybridized carbons (Fsp3) is 0.133. The van der Waals surface area contributed by atoms with Crippen molar-refractivity contribution in [2.24, 2.45) is 5.73 Å². The molecule has 0 aliphatic carbocycles. The smallest absolute Gasteiger partial charge is 0.245 e. The van der Waals surface area contributed by atoms with Crippen LogP contribution in [0, 0.1) is 5.82 Å². The molecule has 0 fully saturated rings. The quantitative estimate of drug-likeness (QED) is 0.900. The fourth-order valence-corrected chi connectivity index (χ4v) is 1.78. The molecule has 3 N–H and O–H groups in total. The molecule has 0 saturated carbocycles. The summed E-state index contributed by atoms with van der Waals surface area (Å²) in [6.45, 7) is 0. The van der Waals surface area contributed by atoms with E-state index in [1.54, 1.807) is 30.3 Å². The molecule has 0 heterocycles. The number of hydrogen-bond donors (Lipinski definition) is 2. The molecular formula is C15H15FN2O2. The number of nitrogens with one attached hydrogen (secondary N) is 1. The van der Waals surface area contributed by atoms with Crippen molar-refractivity contribution in [2.45, 2.75) is 6.04 Å². The van der Waals surface area contributed by atoms with Crippen LogP contribution < -0.4 is 15.8 Å². The molecule has 1 atom stereocenters. The fourth-order valence-electron chi connectivity index (χ4n) is 1.78. The van der Waals surface area contributed by atoms with E-state index in [2.05, 4.69) is 5.32 Å². The van der Waals surface area contributed by atoms with E-state index in [-0.39, 0.29) is 5.75 Å². The monoisotopic (exact) mass is 274 g/mol. The standard InChI is InChI=1S/C15H15FN2O2/c1-20-13-8-7-11(9-12(13)16)18-15(19)14(17)10-5-3-2-4-6-10/h2-9,14H,17H2,1H3,(H,18,19). The zero-order valence-corrected chi connectivity index (χ0v) is 11.0. The number of carbonyl (C=O) groups is 1. The van der Waals surface area contributed by atoms with Gasteiger partial charge in [-0.2, -0.15) is 0 Å². The maximum atomic E-state index is 13.5. The predicted molar refractivity (Wildman–Crippen MR) is 75.0 cm³/mol. The summed E-state index contributed by atoms with van der Waals surface area (Å²) in [5.74, 6) is -0.824. The van der Waals surface area contributed by atoms with Gasteiger partial charge in [-0.15, -0.1) is 0 Å². The molecule has 0 saturated heterocycles. The van der Waals surface area contributed by atoms with E-state index >= 15 is 0 Å². The van der Waals surface area contributed by atoms with Crippen LogP contribution in [-0.4, -0.2) is 13.0 Å². The van der Waals surface area contributed by atoms with E-state index in [0.29, 0.717) is 11.3 Å². The number of halogens is 1. The molecule has 0 aromatic heterocycles. The SMILES string of the molecule is COc1ccc(NC(=O)C(N)c2ccccc2)cc1F. The van der Waals surface area contributed by atoms with Crippen molar-refractivity contribution in [3.63, 3.8) is 0 Å². The van der Waals surface area contributed by atoms with Crippen LogP contribution in [0.25, 0.3) is 0 Å². The third-order valence-corrected chi connectivity index (χ3v) is 2.86. The number of carbonyl (C=O) groups excluding carboxylic acids is 1. The Morgan fingerprint density at radius 3 is 2.55 bits per heavy atom. The van der Waals surface area contributed by atoms with Crippen molar-refractivity contribution in [3.8, 4) is 5.75 Å². The number of nitrogens with two attached hydrogens (primary N) is 1. The van der Waals surface area contributed by atoms with Crippen molar-refractivity contribution in [3.05, 3.63) is 59.9 Å². The van der Waals surface area contributed by atoms with Crippen LogP contribution in [0.4, 0.5) is 10.1 Å². The van der Waals surface area contributed by atoms with E-state index in [4.69, 9.17) is 10.5 Å². The van der Waals surface area contributed by atoms with Crippen LogP contribution >= 0.6 is 0 Å². The van der Waals surface area contributed by atoms with Crippen LogP contribution in [0.5, 0.6) is 5.75 Å². The van der Waals surface area contributed by atoms with Crippen LogP contribution in [0.2, 0.25) is 0 Å². The van der Waals surface area contributed by atoms with Crippen molar-refractivity contribution in [1.29, 1.82) is 0 Å². The van der Waals surface area contributed by atoms with Gasteiger partial charge in [0.25, 0.3) is 0 Å². The van der Waals surface area contributed by atoms with Crippen LogP contribution in [0.3, 0.4) is 0 Å². The Morgan fingerprint density at radius 2 is 1.95 bits per heavy atom. The minimum atomic E-state index is -0.804. The van der Waals surface area contributed by atoms with Gasteiger partial charge in [-0.25, -0.2) is 4.39 Å². The van der Waals surface area contributed by atoms with Gasteiger partial charge in [-0.1, -0.05) is 30.3 Å². The average molecular weight is 274 g/mol. The molecule has 2 rings (SSSR count). The lowest BCUT2D eigenvalue weighted by atomic mass is 10.1. The molecule has 20 heavy (non-hydrogen) atoms. The first-order chi connectivity index (χ1) is 9.61. The van der Waals surface area contributed by atoms with Crippen LogP contribution in [-0.2, 0) is 4.79 Å². The zero-order valence-electron chi connectivity index (χ0n) is 11.0. The summed E-state index contributed by atoms with van der Waals surface area (Å²) in [4.78, 5) is 12.0. The summed E-state index contributed by atoms with van der Waals surface area (Å²) in [6, 6.07) is 12.3. The maximum absolute atomic E-state index is 13.5. The molecular weight excluding hydrogens is 259 g/mol. The number of anilines is 1. The molecule has 2 aromatic rings. The Balaban J connectivity index is 2.10. The first-order valence-electron chi connectivity index (χ1n) is 6.06. The molecule has 5 heteroatoms. The Morgan fingerprint density at radius 1 is 1.25 bits per heavy atom. The van der Waals surface area contributed by atoms with Gasteiger partial charge < -0.3 is 15.8 Å². The third-order valence-electron chi connectivity index (χ3n) is 2.86. The van der Waals surface area contributed by atoms with Gasteiger partial charge >= 0.3 is 0 Å². The van der Waals surface area contributed by atoms with Gasteiger partial charge in [-0.3, -0.25) is 4.79 Å². The third kappa shape index (κ3) is 3.13. The van der Waals surface area contributed by atoms with Gasteiger partial charge in [0.05, 0.1) is 7.11 Å². The lowest BCUT2D eigenvalue weighted by Crippen LogP contribution is -2.27. The number of ether oxygens (including phenoxy) is 1. The van der Waals surface area contributed by atoms with Crippen molar-refractivity contribution < 1.29 is 13.9 Å². The van der Waals surface area contributed by atoms with Gasteiger partial charge in [0.1, 0.15) is 6.04 Å². The van der Waals surface area contributed by atoms with Crippen molar-refractivity contribution in [2.75, 3.05) is 12.4 Å². The predicted octanol–water partition coefficient (Wildman–Crippen LogP) is 2.47. The number of amides is 1. The minimum Gasteiger partial charge on any atom is -0.494 e. The molecule has 104 valence electrons. The van der Waals surface area contributed by atoms with Crippen molar-refractivity contribution in [1.82, 2.24) is 0 Å². The van der Waals surface area contributed by atoms with E-state index in [9.17, 15) is 9.18 Å². The summed E-state index contributed by atoms with van der Waals surface area (Å²) < 4.78 is 18.3. The Bertz CT molecular complexity index is 602. The number of methoxy groups -OCH3 is 1. The summed E-state index contributed by atoms with van der Waals surface area (Å²) >= 11 is 0. The second-order valence-electron chi connectivity index (χ2n) is 4.23. The highest BCUT2D eigenvalue weighted by atomic mass is 19.1. The van der Waals surface area contributed by atoms with Gasteiger partial charge in [0.2, 0.25) is 5.91 Å². The number of hydrogen-bond acceptors (Lipinski definition) is 3. The highest BCUT2D eigenvalue weighted by molar-refractivity contribution is 5.95. The Kier molecular flexibility index (Phi) is 4.32. The highest BCUT2D eigenvalue weighted by Gasteiger charge is 2.16. The molecule has 2 aromatic carbocycles. The first-order valence-corrected chi connectivity index (χ1v) is 6.06. The zero-order chi connectivity index (χ0) is 14.5. The summed E-state index contributed by atoms with van der Waals surface area (Å²) in [7, 11) is 1.38. The maximum Gasteiger partial charge on any atom is 0.245 e. The summed E-state index contributed by atoms with van der Waals surface area (Å²) in [6.07, 6.45) is 0. The van der Waals surface area contributed by atoms with Crippen LogP contribution in [0.15, 0.2) is 48.5 Å². The van der Waals surface area contributed by atoms with E-state index in [1.165, 1.54) is 19.2 Å². The van der Waals surface area contributed by atoms with Gasteiger partial charge in [0, 0.05) is 11.8 Å². The molecule has 0 spiro atoms. The van der Waals surface area contributed by atoms with Crippen LogP contribution in [0.1, 0.15) is 11.6 Å². The van der Waals surface area contributed by atoms with E-state index in [0.717, 1.165) is 0 Å². The molecule has 0 aliphatic rings. The first kappa shape index (κ1) is 14.0. The molecule has 1 amide bonds. The molecule has 4 nitrogen and oxygen atoms in total. The molecule has 0 bridgehead atoms. The second kappa shape index (κ2) is 6.16. The Hall–Kier alpha value is -2.40. The lowest BCUT2D eigenvalue weighted by molar-refractivity contribution is -0.117. The largest absolute Gasteiger partial charge is 0.494 e. The Labute approximate surface area is 116 Å². The average Bonchev–Trinajstić information content (AvgIpc) is 2.47.